The van der Waals surface area contributed by atoms with Crippen LogP contribution in [0.2, 0.25) is 5.02 Å². The van der Waals surface area contributed by atoms with E-state index in [1.165, 1.54) is 7.11 Å². The average molecular weight is 430 g/mol. The molecule has 6 heteroatoms. The number of halogens is 1. The number of carbonyl (C=O) groups is 2. The third kappa shape index (κ3) is 5.02. The Morgan fingerprint density at radius 1 is 1.07 bits per heavy atom. The quantitative estimate of drug-likeness (QED) is 0.688. The van der Waals surface area contributed by atoms with Crippen LogP contribution in [0, 0.1) is 6.92 Å². The van der Waals surface area contributed by atoms with Gasteiger partial charge in [-0.3, -0.25) is 4.79 Å². The van der Waals surface area contributed by atoms with Crippen molar-refractivity contribution in [2.45, 2.75) is 50.7 Å². The Balaban J connectivity index is 1.76. The van der Waals surface area contributed by atoms with Gasteiger partial charge in [0.05, 0.1) is 19.6 Å². The average Bonchev–Trinajstić information content (AvgIpc) is 2.75. The van der Waals surface area contributed by atoms with Crippen LogP contribution in [0.4, 0.5) is 0 Å². The number of esters is 1. The maximum absolute atomic E-state index is 12.9. The highest BCUT2D eigenvalue weighted by molar-refractivity contribution is 6.30. The van der Waals surface area contributed by atoms with Gasteiger partial charge in [-0.2, -0.15) is 0 Å². The van der Waals surface area contributed by atoms with Gasteiger partial charge in [0.1, 0.15) is 5.54 Å². The first-order valence-corrected chi connectivity index (χ1v) is 10.5. The number of hydrogen-bond acceptors (Lipinski definition) is 4. The molecule has 1 saturated carbocycles. The van der Waals surface area contributed by atoms with Crippen molar-refractivity contribution in [3.8, 4) is 11.1 Å². The summed E-state index contributed by atoms with van der Waals surface area (Å²) in [5.41, 5.74) is 3.01. The lowest BCUT2D eigenvalue weighted by Crippen LogP contribution is -2.57. The lowest BCUT2D eigenvalue weighted by Gasteiger charge is -2.38. The van der Waals surface area contributed by atoms with Gasteiger partial charge in [0.15, 0.2) is 0 Å². The van der Waals surface area contributed by atoms with Gasteiger partial charge in [-0.1, -0.05) is 41.9 Å². The number of methoxy groups -OCH3 is 2. The first-order chi connectivity index (χ1) is 14.4. The highest BCUT2D eigenvalue weighted by atomic mass is 35.5. The molecule has 1 fully saturated rings. The summed E-state index contributed by atoms with van der Waals surface area (Å²) in [4.78, 5) is 25.5. The number of aryl methyl sites for hydroxylation is 1. The Bertz CT molecular complexity index is 902. The molecule has 0 saturated heterocycles. The van der Waals surface area contributed by atoms with Crippen molar-refractivity contribution in [2.75, 3.05) is 14.2 Å². The number of amides is 1. The lowest BCUT2D eigenvalue weighted by atomic mass is 9.80. The zero-order chi connectivity index (χ0) is 21.7. The van der Waals surface area contributed by atoms with Crippen molar-refractivity contribution in [3.05, 3.63) is 58.6 Å². The molecule has 0 radical (unpaired) electrons. The van der Waals surface area contributed by atoms with Crippen LogP contribution >= 0.6 is 11.6 Å². The zero-order valence-corrected chi connectivity index (χ0v) is 18.4. The van der Waals surface area contributed by atoms with E-state index in [0.717, 1.165) is 22.3 Å². The van der Waals surface area contributed by atoms with Crippen LogP contribution in [0.25, 0.3) is 11.1 Å². The molecule has 0 bridgehead atoms. The number of ether oxygens (including phenoxy) is 2. The molecule has 160 valence electrons. The summed E-state index contributed by atoms with van der Waals surface area (Å²) in [6, 6.07) is 13.7. The third-order valence-corrected chi connectivity index (χ3v) is 6.20. The van der Waals surface area contributed by atoms with Crippen LogP contribution in [0.1, 0.15) is 36.8 Å². The second kappa shape index (κ2) is 9.63. The maximum Gasteiger partial charge on any atom is 0.331 e. The van der Waals surface area contributed by atoms with Crippen molar-refractivity contribution in [3.63, 3.8) is 0 Å². The molecular formula is C24H28ClNO4. The molecule has 0 unspecified atom stereocenters. The predicted octanol–water partition coefficient (Wildman–Crippen LogP) is 4.47. The largest absolute Gasteiger partial charge is 0.467 e. The number of hydrogen-bond donors (Lipinski definition) is 1. The van der Waals surface area contributed by atoms with E-state index >= 15 is 0 Å². The van der Waals surface area contributed by atoms with Gasteiger partial charge in [-0.05, 0) is 67.0 Å². The number of rotatable bonds is 6. The van der Waals surface area contributed by atoms with Crippen molar-refractivity contribution in [1.82, 2.24) is 5.32 Å². The van der Waals surface area contributed by atoms with E-state index in [-0.39, 0.29) is 18.4 Å². The summed E-state index contributed by atoms with van der Waals surface area (Å²) >= 11 is 5.99. The minimum atomic E-state index is -0.984. The van der Waals surface area contributed by atoms with Crippen molar-refractivity contribution >= 4 is 23.5 Å². The van der Waals surface area contributed by atoms with E-state index in [4.69, 9.17) is 21.1 Å². The molecule has 1 aliphatic carbocycles. The van der Waals surface area contributed by atoms with Crippen molar-refractivity contribution < 1.29 is 19.1 Å². The van der Waals surface area contributed by atoms with Crippen LogP contribution in [0.15, 0.2) is 42.5 Å². The van der Waals surface area contributed by atoms with Gasteiger partial charge in [0, 0.05) is 12.1 Å². The monoisotopic (exact) mass is 429 g/mol. The molecule has 1 N–H and O–H groups in total. The van der Waals surface area contributed by atoms with E-state index in [0.29, 0.717) is 30.7 Å². The number of nitrogens with one attached hydrogen (secondary N) is 1. The van der Waals surface area contributed by atoms with Gasteiger partial charge in [-0.15, -0.1) is 0 Å². The molecule has 0 aliphatic heterocycles. The maximum atomic E-state index is 12.9. The van der Waals surface area contributed by atoms with E-state index in [2.05, 4.69) is 5.32 Å². The topological polar surface area (TPSA) is 64.6 Å². The molecular weight excluding hydrogens is 402 g/mol. The van der Waals surface area contributed by atoms with Crippen LogP contribution in [-0.2, 0) is 25.5 Å². The summed E-state index contributed by atoms with van der Waals surface area (Å²) < 4.78 is 10.4. The van der Waals surface area contributed by atoms with Crippen LogP contribution in [0.3, 0.4) is 0 Å². The summed E-state index contributed by atoms with van der Waals surface area (Å²) in [6.07, 6.45) is 2.73. The summed E-state index contributed by atoms with van der Waals surface area (Å²) in [5, 5.41) is 3.67. The van der Waals surface area contributed by atoms with E-state index in [9.17, 15) is 9.59 Å². The van der Waals surface area contributed by atoms with E-state index < -0.39 is 11.5 Å². The molecule has 0 atom stereocenters. The summed E-state index contributed by atoms with van der Waals surface area (Å²) in [6.45, 7) is 1.98. The lowest BCUT2D eigenvalue weighted by molar-refractivity contribution is -0.153. The Hall–Kier alpha value is -2.37. The minimum absolute atomic E-state index is 0.109. The molecule has 0 heterocycles. The van der Waals surface area contributed by atoms with Crippen molar-refractivity contribution in [1.29, 1.82) is 0 Å². The second-order valence-electron chi connectivity index (χ2n) is 7.88. The van der Waals surface area contributed by atoms with Crippen LogP contribution in [-0.4, -0.2) is 37.7 Å². The van der Waals surface area contributed by atoms with Gasteiger partial charge >= 0.3 is 5.97 Å². The van der Waals surface area contributed by atoms with Gasteiger partial charge in [0.2, 0.25) is 5.91 Å². The fourth-order valence-electron chi connectivity index (χ4n) is 4.06. The fraction of sp³-hybridized carbons (Fsp3) is 0.417. The molecule has 2 aromatic rings. The van der Waals surface area contributed by atoms with Crippen LogP contribution in [0.5, 0.6) is 0 Å². The van der Waals surface area contributed by atoms with E-state index in [1.807, 2.05) is 49.4 Å². The molecule has 1 aliphatic rings. The fourth-order valence-corrected chi connectivity index (χ4v) is 4.19. The third-order valence-electron chi connectivity index (χ3n) is 5.95. The zero-order valence-electron chi connectivity index (χ0n) is 17.7. The second-order valence-corrected chi connectivity index (χ2v) is 8.32. The van der Waals surface area contributed by atoms with Crippen molar-refractivity contribution in [2.24, 2.45) is 0 Å². The Labute approximate surface area is 182 Å². The van der Waals surface area contributed by atoms with Gasteiger partial charge in [0.25, 0.3) is 0 Å². The normalized spacial score (nSPS) is 21.1. The first-order valence-electron chi connectivity index (χ1n) is 10.1. The smallest absolute Gasteiger partial charge is 0.331 e. The Morgan fingerprint density at radius 3 is 2.30 bits per heavy atom. The number of carbonyl (C=O) groups excluding carboxylic acids is 2. The highest BCUT2D eigenvalue weighted by Crippen LogP contribution is 2.31. The standard InChI is InChI=1S/C24H28ClNO4/c1-16-4-5-18(17-6-8-20(25)9-7-17)14-19(16)15-22(27)26-24(23(28)30-3)12-10-21(29-2)11-13-24/h4-9,14,21H,10-13,15H2,1-3H3,(H,26,27)/t21-,24+. The molecule has 30 heavy (non-hydrogen) atoms. The number of benzene rings is 2. The Kier molecular flexibility index (Phi) is 7.16. The predicted molar refractivity (Wildman–Crippen MR) is 117 cm³/mol. The first kappa shape index (κ1) is 22.3. The van der Waals surface area contributed by atoms with Gasteiger partial charge in [-0.25, -0.2) is 4.79 Å². The summed E-state index contributed by atoms with van der Waals surface area (Å²) in [5.74, 6) is -0.579. The van der Waals surface area contributed by atoms with Crippen LogP contribution < -0.4 is 5.32 Å². The SMILES string of the molecule is COC(=O)[C@]1(NC(=O)Cc2cc(-c3ccc(Cl)cc3)ccc2C)CC[C@@H](OC)CC1. The molecule has 1 amide bonds. The molecule has 5 nitrogen and oxygen atoms in total. The van der Waals surface area contributed by atoms with E-state index in [1.54, 1.807) is 7.11 Å². The van der Waals surface area contributed by atoms with Gasteiger partial charge < -0.3 is 14.8 Å². The molecule has 3 rings (SSSR count). The molecule has 0 aromatic heterocycles. The molecule has 0 spiro atoms. The summed E-state index contributed by atoms with van der Waals surface area (Å²) in [7, 11) is 3.03. The Morgan fingerprint density at radius 2 is 1.70 bits per heavy atom. The minimum Gasteiger partial charge on any atom is -0.467 e. The highest BCUT2D eigenvalue weighted by Gasteiger charge is 2.44. The molecule has 2 aromatic carbocycles.